The lowest BCUT2D eigenvalue weighted by Gasteiger charge is -2.40. The summed E-state index contributed by atoms with van der Waals surface area (Å²) in [6.07, 6.45) is 18.5. The van der Waals surface area contributed by atoms with Crippen molar-refractivity contribution in [3.8, 4) is 23.0 Å². The third-order valence-corrected chi connectivity index (χ3v) is 18.9. The first-order valence-electron chi connectivity index (χ1n) is 28.2. The number of likely N-dealkylation sites (N-methyl/N-ethyl adjacent to an activating group) is 1. The highest BCUT2D eigenvalue weighted by Gasteiger charge is 2.78. The first-order valence-corrected chi connectivity index (χ1v) is 31.9. The van der Waals surface area contributed by atoms with E-state index in [-0.39, 0.29) is 35.0 Å². The molecule has 0 aromatic heterocycles. The molecule has 1 unspecified atom stereocenters. The fraction of sp³-hybridized carbons (Fsp3) is 0.661. The molecule has 16 nitrogen and oxygen atoms in total. The van der Waals surface area contributed by atoms with Crippen molar-refractivity contribution in [3.05, 3.63) is 83.4 Å². The van der Waals surface area contributed by atoms with Crippen molar-refractivity contribution in [2.24, 2.45) is 5.92 Å². The molecule has 1 amide bonds. The molecular formula is C59H91N2O14PS2. The van der Waals surface area contributed by atoms with Crippen molar-refractivity contribution >= 4 is 41.5 Å². The monoisotopic (exact) mass is 1150 g/mol. The summed E-state index contributed by atoms with van der Waals surface area (Å²) < 4.78 is 57.5. The van der Waals surface area contributed by atoms with Crippen LogP contribution in [0.1, 0.15) is 152 Å². The van der Waals surface area contributed by atoms with Gasteiger partial charge in [-0.2, -0.15) is 0 Å². The topological polar surface area (TPSA) is 201 Å². The Morgan fingerprint density at radius 2 is 1.33 bits per heavy atom. The van der Waals surface area contributed by atoms with Gasteiger partial charge in [-0.05, 0) is 62.8 Å². The zero-order valence-corrected chi connectivity index (χ0v) is 50.3. The van der Waals surface area contributed by atoms with Gasteiger partial charge in [0.15, 0.2) is 11.2 Å². The van der Waals surface area contributed by atoms with Gasteiger partial charge in [-0.1, -0.05) is 154 Å². The van der Waals surface area contributed by atoms with Gasteiger partial charge in [0, 0.05) is 30.3 Å². The maximum absolute atomic E-state index is 13.6. The molecule has 1 fully saturated rings. The number of quaternary nitrogens is 1. The van der Waals surface area contributed by atoms with Crippen LogP contribution < -0.4 is 29.2 Å². The first kappa shape index (κ1) is 65.1. The number of methoxy groups -OCH3 is 3. The number of amides is 1. The molecule has 5 rings (SSSR count). The maximum atomic E-state index is 13.6. The summed E-state index contributed by atoms with van der Waals surface area (Å²) >= 11 is 0. The van der Waals surface area contributed by atoms with E-state index >= 15 is 0 Å². The highest BCUT2D eigenvalue weighted by Crippen LogP contribution is 2.70. The molecule has 0 radical (unpaired) electrons. The molecule has 3 N–H and O–H groups in total. The number of hydrogen-bond acceptors (Lipinski definition) is 16. The van der Waals surface area contributed by atoms with Crippen molar-refractivity contribution in [2.75, 3.05) is 87.7 Å². The van der Waals surface area contributed by atoms with Gasteiger partial charge >= 0.3 is 12.1 Å². The minimum atomic E-state index is -4.20. The number of ether oxygens (including phenoxy) is 6. The van der Waals surface area contributed by atoms with E-state index in [1.807, 2.05) is 62.3 Å². The van der Waals surface area contributed by atoms with Crippen molar-refractivity contribution in [1.82, 2.24) is 5.32 Å². The highest BCUT2D eigenvalue weighted by molar-refractivity contribution is 8.77. The van der Waals surface area contributed by atoms with Crippen LogP contribution in [0.25, 0.3) is 0 Å². The third kappa shape index (κ3) is 18.9. The Bertz CT molecular complexity index is 2310. The SMILES string of the molecule is COC(=O)[C@@H]1[C@H](O)[C@]2(O)c3c(OC)cc(OCCCCNC(=O)OCC(C)(C)SSCCCCCCCCCCCCCCCCCCOP(=O)([O-])OCC[N+](C)(C)C)cc3O[C@]2(c2ccc(OC)cc2)[C@H]1c1ccccc1. The number of nitrogens with zero attached hydrogens (tertiary/aromatic N) is 1. The minimum absolute atomic E-state index is 0.138. The smallest absolute Gasteiger partial charge is 0.407 e. The number of aliphatic hydroxyl groups is 2. The number of phosphoric ester groups is 1. The highest BCUT2D eigenvalue weighted by atomic mass is 33.1. The van der Waals surface area contributed by atoms with Crippen molar-refractivity contribution in [2.45, 2.75) is 157 Å². The summed E-state index contributed by atoms with van der Waals surface area (Å²) in [7, 11) is 9.65. The number of carbonyl (C=O) groups is 2. The van der Waals surface area contributed by atoms with E-state index in [1.165, 1.54) is 97.7 Å². The quantitative estimate of drug-likeness (QED) is 0.0160. The number of alkyl carbamates (subject to hydrolysis) is 1. The zero-order valence-electron chi connectivity index (χ0n) is 47.8. The van der Waals surface area contributed by atoms with E-state index < -0.39 is 49.0 Å². The Balaban J connectivity index is 0.903. The molecule has 2 aliphatic rings. The second-order valence-electron chi connectivity index (χ2n) is 22.2. The van der Waals surface area contributed by atoms with E-state index in [4.69, 9.17) is 37.5 Å². The minimum Gasteiger partial charge on any atom is -0.756 e. The van der Waals surface area contributed by atoms with E-state index in [9.17, 15) is 29.3 Å². The normalized spacial score (nSPS) is 20.5. The average Bonchev–Trinajstić information content (AvgIpc) is 3.89. The molecular weight excluding hydrogens is 1060 g/mol. The lowest BCUT2D eigenvalue weighted by Crippen LogP contribution is -2.52. The second kappa shape index (κ2) is 32.1. The lowest BCUT2D eigenvalue weighted by atomic mass is 9.70. The van der Waals surface area contributed by atoms with E-state index in [0.29, 0.717) is 66.3 Å². The van der Waals surface area contributed by atoms with Crippen molar-refractivity contribution in [3.63, 3.8) is 0 Å². The van der Waals surface area contributed by atoms with Gasteiger partial charge in [0.1, 0.15) is 48.9 Å². The van der Waals surface area contributed by atoms with Crippen LogP contribution in [0.4, 0.5) is 4.79 Å². The lowest BCUT2D eigenvalue weighted by molar-refractivity contribution is -0.870. The molecule has 3 aromatic rings. The predicted octanol–water partition coefficient (Wildman–Crippen LogP) is 11.6. The summed E-state index contributed by atoms with van der Waals surface area (Å²) in [5.74, 6) is -0.282. The number of hydrogen-bond donors (Lipinski definition) is 3. The van der Waals surface area contributed by atoms with Crippen LogP contribution in [0.5, 0.6) is 23.0 Å². The molecule has 0 bridgehead atoms. The van der Waals surface area contributed by atoms with Gasteiger partial charge in [-0.15, -0.1) is 0 Å². The van der Waals surface area contributed by atoms with Gasteiger partial charge in [0.05, 0.1) is 71.9 Å². The van der Waals surface area contributed by atoms with Crippen LogP contribution in [0.2, 0.25) is 0 Å². The number of esters is 1. The van der Waals surface area contributed by atoms with Crippen LogP contribution in [-0.2, 0) is 39.1 Å². The van der Waals surface area contributed by atoms with Gasteiger partial charge in [0.25, 0.3) is 7.82 Å². The second-order valence-corrected chi connectivity index (χ2v) is 26.8. The van der Waals surface area contributed by atoms with Gasteiger partial charge in [-0.25, -0.2) is 4.79 Å². The molecule has 438 valence electrons. The van der Waals surface area contributed by atoms with Crippen LogP contribution in [0, 0.1) is 5.92 Å². The summed E-state index contributed by atoms with van der Waals surface area (Å²) in [5.41, 5.74) is -2.53. The van der Waals surface area contributed by atoms with E-state index in [2.05, 4.69) is 19.2 Å². The molecule has 19 heteroatoms. The number of benzene rings is 3. The number of carbonyl (C=O) groups excluding carboxylic acids is 2. The molecule has 0 spiro atoms. The Morgan fingerprint density at radius 3 is 1.91 bits per heavy atom. The van der Waals surface area contributed by atoms with E-state index in [1.54, 1.807) is 54.3 Å². The van der Waals surface area contributed by atoms with Crippen LogP contribution in [-0.4, -0.2) is 125 Å². The molecule has 78 heavy (non-hydrogen) atoms. The van der Waals surface area contributed by atoms with Crippen LogP contribution in [0.3, 0.4) is 0 Å². The summed E-state index contributed by atoms with van der Waals surface area (Å²) in [4.78, 5) is 38.1. The molecule has 3 aromatic carbocycles. The summed E-state index contributed by atoms with van der Waals surface area (Å²) in [6, 6.07) is 19.5. The summed E-state index contributed by atoms with van der Waals surface area (Å²) in [5, 5.41) is 28.2. The molecule has 6 atom stereocenters. The fourth-order valence-electron chi connectivity index (χ4n) is 10.4. The van der Waals surface area contributed by atoms with Crippen LogP contribution in [0.15, 0.2) is 66.7 Å². The molecule has 1 aliphatic carbocycles. The molecule has 0 saturated heterocycles. The van der Waals surface area contributed by atoms with Gasteiger partial charge in [0.2, 0.25) is 0 Å². The number of nitrogens with one attached hydrogen (secondary N) is 1. The standard InChI is InChI=1S/C59H91N2O14PS2/c1-57(2,78-77-41-29-22-20-18-16-14-12-10-9-11-13-15-17-19-21-27-39-73-76(66,67)74-40-37-61(3,4)5)44-72-56(64)60-36-26-28-38-71-48-42-49(69-7)53-50(43-48)75-59(46-32-34-47(68-6)35-33-46)52(45-30-24-23-25-31-45)51(55(63)70-8)54(62)58(53,59)65/h23-25,30-35,42-43,51-52,54,62,65H,9-22,26-29,36-41,44H2,1-8H3,(H-,60,64,66,67)/t51-,52-,54-,58+,59+/m0/s1. The Morgan fingerprint density at radius 1 is 0.756 bits per heavy atom. The number of rotatable bonds is 39. The zero-order chi connectivity index (χ0) is 56.7. The predicted molar refractivity (Wildman–Crippen MR) is 307 cm³/mol. The summed E-state index contributed by atoms with van der Waals surface area (Å²) in [6.45, 7) is 6.14. The average molecular weight is 1150 g/mol. The maximum Gasteiger partial charge on any atom is 0.407 e. The van der Waals surface area contributed by atoms with Crippen molar-refractivity contribution in [1.29, 1.82) is 0 Å². The van der Waals surface area contributed by atoms with Crippen LogP contribution >= 0.6 is 29.4 Å². The fourth-order valence-corrected chi connectivity index (χ4v) is 13.6. The molecule has 1 aliphatic heterocycles. The number of fused-ring (bicyclic) bond motifs is 3. The number of phosphoric acid groups is 1. The van der Waals surface area contributed by atoms with E-state index in [0.717, 1.165) is 25.0 Å². The number of unbranched alkanes of at least 4 members (excludes halogenated alkanes) is 16. The van der Waals surface area contributed by atoms with Gasteiger partial charge < -0.3 is 62.4 Å². The molecule has 1 saturated carbocycles. The number of aliphatic hydroxyl groups excluding tert-OH is 1. The first-order chi connectivity index (χ1) is 37.3. The largest absolute Gasteiger partial charge is 0.756 e. The third-order valence-electron chi connectivity index (χ3n) is 14.5. The molecule has 1 heterocycles. The Labute approximate surface area is 473 Å². The Kier molecular flexibility index (Phi) is 26.8. The van der Waals surface area contributed by atoms with Crippen molar-refractivity contribution < 1.29 is 71.2 Å². The Hall–Kier alpha value is -3.71. The van der Waals surface area contributed by atoms with Gasteiger partial charge in [-0.3, -0.25) is 9.36 Å².